The highest BCUT2D eigenvalue weighted by atomic mass is 16.3. The Kier molecular flexibility index (Phi) is 3.72. The second-order valence-electron chi connectivity index (χ2n) is 5.51. The molecule has 2 nitrogen and oxygen atoms in total. The maximum Gasteiger partial charge on any atom is 0.166 e. The molecule has 2 heteroatoms. The fourth-order valence-corrected chi connectivity index (χ4v) is 1.98. The van der Waals surface area contributed by atoms with Crippen LogP contribution in [-0.2, 0) is 0 Å². The van der Waals surface area contributed by atoms with Crippen LogP contribution in [0.1, 0.15) is 50.9 Å². The van der Waals surface area contributed by atoms with E-state index in [9.17, 15) is 4.79 Å². The minimum atomic E-state index is 0.181. The monoisotopic (exact) mass is 208 g/mol. The molecule has 0 aliphatic rings. The predicted octanol–water partition coefficient (Wildman–Crippen LogP) is 3.92. The van der Waals surface area contributed by atoms with Gasteiger partial charge >= 0.3 is 0 Å². The Morgan fingerprint density at radius 1 is 1.47 bits per heavy atom. The molecular weight excluding hydrogens is 188 g/mol. The standard InChI is InChI=1S/C13H20O2/c1-10(8-13(2,3)4)7-12(14)11-5-6-15-9-11/h5-6,9-10H,7-8H2,1-4H3. The van der Waals surface area contributed by atoms with Crippen LogP contribution in [0, 0.1) is 11.3 Å². The van der Waals surface area contributed by atoms with Gasteiger partial charge in [0.1, 0.15) is 6.26 Å². The lowest BCUT2D eigenvalue weighted by molar-refractivity contribution is 0.0953. The Labute approximate surface area is 91.7 Å². The van der Waals surface area contributed by atoms with Crippen LogP contribution in [-0.4, -0.2) is 5.78 Å². The van der Waals surface area contributed by atoms with E-state index in [1.165, 1.54) is 6.26 Å². The predicted molar refractivity (Wildman–Crippen MR) is 60.9 cm³/mol. The molecule has 0 spiro atoms. The molecule has 0 saturated carbocycles. The van der Waals surface area contributed by atoms with E-state index in [1.807, 2.05) is 0 Å². The highest BCUT2D eigenvalue weighted by molar-refractivity contribution is 5.95. The molecule has 1 unspecified atom stereocenters. The topological polar surface area (TPSA) is 30.2 Å². The van der Waals surface area contributed by atoms with Crippen molar-refractivity contribution in [3.05, 3.63) is 24.2 Å². The number of hydrogen-bond acceptors (Lipinski definition) is 2. The summed E-state index contributed by atoms with van der Waals surface area (Å²) in [7, 11) is 0. The maximum atomic E-state index is 11.7. The third-order valence-electron chi connectivity index (χ3n) is 2.34. The minimum Gasteiger partial charge on any atom is -0.472 e. The van der Waals surface area contributed by atoms with Gasteiger partial charge in [0.15, 0.2) is 5.78 Å². The van der Waals surface area contributed by atoms with Crippen molar-refractivity contribution in [2.75, 3.05) is 0 Å². The lowest BCUT2D eigenvalue weighted by atomic mass is 9.83. The summed E-state index contributed by atoms with van der Waals surface area (Å²) in [6.45, 7) is 8.73. The average Bonchev–Trinajstić information content (AvgIpc) is 2.50. The van der Waals surface area contributed by atoms with Gasteiger partial charge in [-0.3, -0.25) is 4.79 Å². The molecule has 1 heterocycles. The normalized spacial score (nSPS) is 13.9. The second-order valence-corrected chi connectivity index (χ2v) is 5.51. The first-order valence-corrected chi connectivity index (χ1v) is 5.44. The molecule has 0 fully saturated rings. The van der Waals surface area contributed by atoms with Crippen molar-refractivity contribution in [2.24, 2.45) is 11.3 Å². The van der Waals surface area contributed by atoms with Gasteiger partial charge in [0, 0.05) is 6.42 Å². The van der Waals surface area contributed by atoms with Crippen molar-refractivity contribution < 1.29 is 9.21 Å². The highest BCUT2D eigenvalue weighted by Gasteiger charge is 2.18. The van der Waals surface area contributed by atoms with Crippen molar-refractivity contribution in [2.45, 2.75) is 40.5 Å². The largest absolute Gasteiger partial charge is 0.472 e. The van der Waals surface area contributed by atoms with Gasteiger partial charge in [-0.05, 0) is 23.8 Å². The summed E-state index contributed by atoms with van der Waals surface area (Å²) in [4.78, 5) is 11.7. The van der Waals surface area contributed by atoms with Crippen LogP contribution in [0.15, 0.2) is 23.0 Å². The molecule has 0 saturated heterocycles. The third-order valence-corrected chi connectivity index (χ3v) is 2.34. The zero-order valence-corrected chi connectivity index (χ0v) is 10.0. The van der Waals surface area contributed by atoms with Gasteiger partial charge in [-0.1, -0.05) is 27.7 Å². The van der Waals surface area contributed by atoms with Crippen molar-refractivity contribution in [3.8, 4) is 0 Å². The molecule has 0 bridgehead atoms. The van der Waals surface area contributed by atoms with Crippen molar-refractivity contribution in [1.29, 1.82) is 0 Å². The van der Waals surface area contributed by atoms with E-state index in [4.69, 9.17) is 4.42 Å². The van der Waals surface area contributed by atoms with E-state index in [0.29, 0.717) is 17.9 Å². The molecule has 1 aromatic rings. The Morgan fingerprint density at radius 3 is 2.60 bits per heavy atom. The summed E-state index contributed by atoms with van der Waals surface area (Å²) in [6, 6.07) is 1.73. The Bertz CT molecular complexity index is 304. The summed E-state index contributed by atoms with van der Waals surface area (Å²) in [5.41, 5.74) is 0.978. The number of rotatable bonds is 4. The first-order valence-electron chi connectivity index (χ1n) is 5.44. The summed E-state index contributed by atoms with van der Waals surface area (Å²) in [5, 5.41) is 0. The SMILES string of the molecule is CC(CC(=O)c1ccoc1)CC(C)(C)C. The van der Waals surface area contributed by atoms with Gasteiger partial charge < -0.3 is 4.42 Å². The fraction of sp³-hybridized carbons (Fsp3) is 0.615. The zero-order chi connectivity index (χ0) is 11.5. The van der Waals surface area contributed by atoms with Gasteiger partial charge in [-0.2, -0.15) is 0 Å². The Hall–Kier alpha value is -1.05. The van der Waals surface area contributed by atoms with Crippen LogP contribution in [0.3, 0.4) is 0 Å². The smallest absolute Gasteiger partial charge is 0.166 e. The van der Waals surface area contributed by atoms with Gasteiger partial charge in [-0.25, -0.2) is 0 Å². The summed E-state index contributed by atoms with van der Waals surface area (Å²) < 4.78 is 4.90. The number of carbonyl (C=O) groups excluding carboxylic acids is 1. The molecule has 1 atom stereocenters. The second kappa shape index (κ2) is 4.65. The van der Waals surface area contributed by atoms with Crippen LogP contribution in [0.2, 0.25) is 0 Å². The Morgan fingerprint density at radius 2 is 2.13 bits per heavy atom. The van der Waals surface area contributed by atoms with Gasteiger partial charge in [0.2, 0.25) is 0 Å². The van der Waals surface area contributed by atoms with E-state index in [-0.39, 0.29) is 11.2 Å². The van der Waals surface area contributed by atoms with E-state index in [0.717, 1.165) is 6.42 Å². The molecule has 0 N–H and O–H groups in total. The van der Waals surface area contributed by atoms with Crippen molar-refractivity contribution >= 4 is 5.78 Å². The summed E-state index contributed by atoms with van der Waals surface area (Å²) in [6.07, 6.45) is 4.74. The zero-order valence-electron chi connectivity index (χ0n) is 10.0. The first-order chi connectivity index (χ1) is 6.88. The first kappa shape index (κ1) is 12.0. The quantitative estimate of drug-likeness (QED) is 0.702. The van der Waals surface area contributed by atoms with Crippen LogP contribution < -0.4 is 0 Å². The highest BCUT2D eigenvalue weighted by Crippen LogP contribution is 2.26. The maximum absolute atomic E-state index is 11.7. The number of hydrogen-bond donors (Lipinski definition) is 0. The molecule has 0 amide bonds. The minimum absolute atomic E-state index is 0.181. The Balaban J connectivity index is 2.45. The third kappa shape index (κ3) is 4.32. The van der Waals surface area contributed by atoms with E-state index >= 15 is 0 Å². The molecule has 15 heavy (non-hydrogen) atoms. The molecule has 0 aliphatic heterocycles. The van der Waals surface area contributed by atoms with Gasteiger partial charge in [0.25, 0.3) is 0 Å². The lowest BCUT2D eigenvalue weighted by Gasteiger charge is -2.22. The molecule has 1 aromatic heterocycles. The van der Waals surface area contributed by atoms with Crippen LogP contribution in [0.5, 0.6) is 0 Å². The van der Waals surface area contributed by atoms with Crippen LogP contribution in [0.4, 0.5) is 0 Å². The number of furan rings is 1. The molecule has 0 aromatic carbocycles. The van der Waals surface area contributed by atoms with E-state index in [1.54, 1.807) is 12.3 Å². The lowest BCUT2D eigenvalue weighted by Crippen LogP contribution is -2.14. The van der Waals surface area contributed by atoms with Gasteiger partial charge in [0.05, 0.1) is 11.8 Å². The molecule has 0 radical (unpaired) electrons. The van der Waals surface area contributed by atoms with Crippen molar-refractivity contribution in [3.63, 3.8) is 0 Å². The molecule has 84 valence electrons. The average molecular weight is 208 g/mol. The van der Waals surface area contributed by atoms with Crippen molar-refractivity contribution in [1.82, 2.24) is 0 Å². The molecular formula is C13H20O2. The summed E-state index contributed by atoms with van der Waals surface area (Å²) in [5.74, 6) is 0.605. The van der Waals surface area contributed by atoms with E-state index < -0.39 is 0 Å². The summed E-state index contributed by atoms with van der Waals surface area (Å²) >= 11 is 0. The number of ketones is 1. The van der Waals surface area contributed by atoms with Crippen LogP contribution >= 0.6 is 0 Å². The molecule has 1 rings (SSSR count). The molecule has 0 aliphatic carbocycles. The fourth-order valence-electron chi connectivity index (χ4n) is 1.98. The van der Waals surface area contributed by atoms with Crippen LogP contribution in [0.25, 0.3) is 0 Å². The number of carbonyl (C=O) groups is 1. The number of Topliss-reactive ketones (excluding diaryl/α,β-unsaturated/α-hetero) is 1. The van der Waals surface area contributed by atoms with Gasteiger partial charge in [-0.15, -0.1) is 0 Å². The van der Waals surface area contributed by atoms with E-state index in [2.05, 4.69) is 27.7 Å².